The van der Waals surface area contributed by atoms with E-state index in [1.165, 1.54) is 35.6 Å². The average molecular weight is 297 g/mol. The largest absolute Gasteiger partial charge is 0.478 e. The molecule has 0 amide bonds. The highest BCUT2D eigenvalue weighted by Gasteiger charge is 2.31. The van der Waals surface area contributed by atoms with E-state index in [0.29, 0.717) is 18.5 Å². The molecule has 20 heavy (non-hydrogen) atoms. The predicted octanol–water partition coefficient (Wildman–Crippen LogP) is 2.48. The maximum atomic E-state index is 12.5. The smallest absolute Gasteiger partial charge is 0.335 e. The van der Waals surface area contributed by atoms with Crippen LogP contribution in [0.5, 0.6) is 0 Å². The first kappa shape index (κ1) is 14.8. The van der Waals surface area contributed by atoms with E-state index in [9.17, 15) is 13.2 Å². The summed E-state index contributed by atoms with van der Waals surface area (Å²) in [5.74, 6) is -1.02. The maximum absolute atomic E-state index is 12.5. The molecule has 1 N–H and O–H groups in total. The van der Waals surface area contributed by atoms with Crippen LogP contribution in [-0.2, 0) is 10.0 Å². The molecule has 5 nitrogen and oxygen atoms in total. The van der Waals surface area contributed by atoms with Crippen LogP contribution in [0.3, 0.4) is 0 Å². The first-order valence-corrected chi connectivity index (χ1v) is 8.24. The number of carboxylic acid groups (broad SMARTS) is 1. The van der Waals surface area contributed by atoms with Gasteiger partial charge in [-0.1, -0.05) is 19.3 Å². The van der Waals surface area contributed by atoms with Crippen molar-refractivity contribution in [2.75, 3.05) is 11.4 Å². The zero-order chi connectivity index (χ0) is 14.8. The fourth-order valence-electron chi connectivity index (χ4n) is 2.55. The average Bonchev–Trinajstić information content (AvgIpc) is 2.47. The molecule has 0 heterocycles. The van der Waals surface area contributed by atoms with E-state index >= 15 is 0 Å². The fourth-order valence-corrected chi connectivity index (χ4v) is 4.34. The quantitative estimate of drug-likeness (QED) is 0.926. The molecule has 1 aliphatic rings. The van der Waals surface area contributed by atoms with E-state index in [1.54, 1.807) is 0 Å². The van der Waals surface area contributed by atoms with Gasteiger partial charge in [-0.25, -0.2) is 13.2 Å². The second-order valence-electron chi connectivity index (χ2n) is 5.12. The molecule has 1 fully saturated rings. The molecule has 1 aliphatic carbocycles. The Hall–Kier alpha value is -1.56. The molecule has 0 bridgehead atoms. The molecule has 110 valence electrons. The molecule has 0 atom stereocenters. The monoisotopic (exact) mass is 297 g/mol. The number of sulfonamides is 1. The summed E-state index contributed by atoms with van der Waals surface area (Å²) in [6, 6.07) is 5.91. The molecular weight excluding hydrogens is 278 g/mol. The van der Waals surface area contributed by atoms with E-state index in [1.807, 2.05) is 0 Å². The van der Waals surface area contributed by atoms with Gasteiger partial charge in [-0.2, -0.15) is 0 Å². The summed E-state index contributed by atoms with van der Waals surface area (Å²) in [6.45, 7) is 0. The van der Waals surface area contributed by atoms with Crippen LogP contribution in [0.15, 0.2) is 24.3 Å². The molecule has 1 aromatic carbocycles. The zero-order valence-corrected chi connectivity index (χ0v) is 12.3. The minimum Gasteiger partial charge on any atom is -0.478 e. The SMILES string of the molecule is CN(c1ccc(C(=O)O)cc1)S(=O)(=O)C1CCCCC1. The highest BCUT2D eigenvalue weighted by Crippen LogP contribution is 2.28. The molecule has 0 aromatic heterocycles. The lowest BCUT2D eigenvalue weighted by Gasteiger charge is -2.28. The van der Waals surface area contributed by atoms with Gasteiger partial charge in [0.25, 0.3) is 0 Å². The van der Waals surface area contributed by atoms with Crippen LogP contribution < -0.4 is 4.31 Å². The van der Waals surface area contributed by atoms with Gasteiger partial charge < -0.3 is 5.11 Å². The summed E-state index contributed by atoms with van der Waals surface area (Å²) in [4.78, 5) is 10.8. The van der Waals surface area contributed by atoms with Crippen LogP contribution in [0.1, 0.15) is 42.5 Å². The third-order valence-electron chi connectivity index (χ3n) is 3.83. The lowest BCUT2D eigenvalue weighted by molar-refractivity contribution is 0.0697. The number of nitrogens with zero attached hydrogens (tertiary/aromatic N) is 1. The topological polar surface area (TPSA) is 74.7 Å². The van der Waals surface area contributed by atoms with Crippen LogP contribution in [0.2, 0.25) is 0 Å². The number of hydrogen-bond acceptors (Lipinski definition) is 3. The van der Waals surface area contributed by atoms with Crippen LogP contribution in [0.4, 0.5) is 5.69 Å². The standard InChI is InChI=1S/C14H19NO4S/c1-15(12-9-7-11(8-10-12)14(16)17)20(18,19)13-5-3-2-4-6-13/h7-10,13H,2-6H2,1H3,(H,16,17). The van der Waals surface area contributed by atoms with Gasteiger partial charge >= 0.3 is 5.97 Å². The van der Waals surface area contributed by atoms with Crippen molar-refractivity contribution < 1.29 is 18.3 Å². The summed E-state index contributed by atoms with van der Waals surface area (Å²) in [5, 5.41) is 8.53. The third-order valence-corrected chi connectivity index (χ3v) is 6.12. The van der Waals surface area contributed by atoms with Crippen molar-refractivity contribution in [3.05, 3.63) is 29.8 Å². The number of hydrogen-bond donors (Lipinski definition) is 1. The van der Waals surface area contributed by atoms with E-state index in [4.69, 9.17) is 5.11 Å². The lowest BCUT2D eigenvalue weighted by atomic mass is 10.0. The summed E-state index contributed by atoms with van der Waals surface area (Å²) < 4.78 is 26.3. The molecule has 2 rings (SSSR count). The van der Waals surface area contributed by atoms with Crippen molar-refractivity contribution in [1.82, 2.24) is 0 Å². The minimum atomic E-state index is -3.36. The number of carbonyl (C=O) groups is 1. The molecular formula is C14H19NO4S. The summed E-state index contributed by atoms with van der Waals surface area (Å²) in [7, 11) is -1.83. The Morgan fingerprint density at radius 1 is 1.15 bits per heavy atom. The number of benzene rings is 1. The normalized spacial score (nSPS) is 16.9. The fraction of sp³-hybridized carbons (Fsp3) is 0.500. The van der Waals surface area contributed by atoms with Crippen molar-refractivity contribution >= 4 is 21.7 Å². The number of rotatable bonds is 4. The minimum absolute atomic E-state index is 0.150. The Kier molecular flexibility index (Phi) is 4.32. The van der Waals surface area contributed by atoms with E-state index < -0.39 is 16.0 Å². The van der Waals surface area contributed by atoms with Crippen molar-refractivity contribution in [3.63, 3.8) is 0 Å². The lowest BCUT2D eigenvalue weighted by Crippen LogP contribution is -2.37. The Bertz CT molecular complexity index is 574. The van der Waals surface area contributed by atoms with Gasteiger partial charge in [-0.05, 0) is 37.1 Å². The van der Waals surface area contributed by atoms with Gasteiger partial charge in [-0.15, -0.1) is 0 Å². The Morgan fingerprint density at radius 3 is 2.20 bits per heavy atom. The van der Waals surface area contributed by atoms with Gasteiger partial charge in [0.05, 0.1) is 16.5 Å². The molecule has 0 radical (unpaired) electrons. The number of anilines is 1. The van der Waals surface area contributed by atoms with Crippen LogP contribution >= 0.6 is 0 Å². The van der Waals surface area contributed by atoms with Gasteiger partial charge in [0.15, 0.2) is 0 Å². The number of aromatic carboxylic acids is 1. The van der Waals surface area contributed by atoms with Crippen molar-refractivity contribution in [2.24, 2.45) is 0 Å². The Morgan fingerprint density at radius 2 is 1.70 bits per heavy atom. The van der Waals surface area contributed by atoms with Crippen LogP contribution in [0.25, 0.3) is 0 Å². The molecule has 0 unspecified atom stereocenters. The van der Waals surface area contributed by atoms with Crippen molar-refractivity contribution in [2.45, 2.75) is 37.4 Å². The van der Waals surface area contributed by atoms with Gasteiger partial charge in [-0.3, -0.25) is 4.31 Å². The third kappa shape index (κ3) is 2.95. The summed E-state index contributed by atoms with van der Waals surface area (Å²) in [5.41, 5.74) is 0.651. The maximum Gasteiger partial charge on any atom is 0.335 e. The van der Waals surface area contributed by atoms with Crippen molar-refractivity contribution in [3.8, 4) is 0 Å². The molecule has 0 spiro atoms. The molecule has 1 saturated carbocycles. The first-order chi connectivity index (χ1) is 9.43. The van der Waals surface area contributed by atoms with Gasteiger partial charge in [0.2, 0.25) is 10.0 Å². The molecule has 1 aromatic rings. The molecule has 6 heteroatoms. The molecule has 0 saturated heterocycles. The van der Waals surface area contributed by atoms with E-state index in [-0.39, 0.29) is 10.8 Å². The van der Waals surface area contributed by atoms with Crippen molar-refractivity contribution in [1.29, 1.82) is 0 Å². The van der Waals surface area contributed by atoms with Crippen LogP contribution in [0, 0.1) is 0 Å². The highest BCUT2D eigenvalue weighted by molar-refractivity contribution is 7.93. The Labute approximate surface area is 119 Å². The molecule has 0 aliphatic heterocycles. The van der Waals surface area contributed by atoms with Crippen LogP contribution in [-0.4, -0.2) is 31.8 Å². The predicted molar refractivity (Wildman–Crippen MR) is 77.6 cm³/mol. The number of carboxylic acids is 1. The first-order valence-electron chi connectivity index (χ1n) is 6.74. The van der Waals surface area contributed by atoms with E-state index in [0.717, 1.165) is 19.3 Å². The summed E-state index contributed by atoms with van der Waals surface area (Å²) >= 11 is 0. The Balaban J connectivity index is 2.20. The second-order valence-corrected chi connectivity index (χ2v) is 7.37. The second kappa shape index (κ2) is 5.83. The van der Waals surface area contributed by atoms with Gasteiger partial charge in [0, 0.05) is 7.05 Å². The highest BCUT2D eigenvalue weighted by atomic mass is 32.2. The summed E-state index contributed by atoms with van der Waals surface area (Å²) in [6.07, 6.45) is 4.42. The zero-order valence-electron chi connectivity index (χ0n) is 11.4. The van der Waals surface area contributed by atoms with Gasteiger partial charge in [0.1, 0.15) is 0 Å². The van der Waals surface area contributed by atoms with E-state index in [2.05, 4.69) is 0 Å².